The van der Waals surface area contributed by atoms with E-state index < -0.39 is 10.1 Å². The third-order valence-corrected chi connectivity index (χ3v) is 7.68. The topological polar surface area (TPSA) is 122 Å². The lowest BCUT2D eigenvalue weighted by Gasteiger charge is -2.33. The van der Waals surface area contributed by atoms with Crippen LogP contribution in [-0.2, 0) is 23.7 Å². The molecule has 1 aromatic heterocycles. The number of rotatable bonds is 6. The summed E-state index contributed by atoms with van der Waals surface area (Å²) in [6, 6.07) is 24.6. The van der Waals surface area contributed by atoms with Crippen molar-refractivity contribution in [3.63, 3.8) is 0 Å². The van der Waals surface area contributed by atoms with Crippen molar-refractivity contribution < 1.29 is 22.6 Å². The van der Waals surface area contributed by atoms with Crippen LogP contribution in [0.3, 0.4) is 0 Å². The number of piperidine rings is 1. The summed E-state index contributed by atoms with van der Waals surface area (Å²) in [6.07, 6.45) is 4.61. The minimum Gasteiger partial charge on any atom is -0.348 e. The molecule has 214 valence electrons. The maximum Gasteiger partial charge on any atom is 0.313 e. The molecule has 1 saturated heterocycles. The number of carbonyl (C=O) groups is 2. The largest absolute Gasteiger partial charge is 0.348 e. The molecule has 1 aliphatic heterocycles. The molecular formula is C30H31ClN4O5S. The van der Waals surface area contributed by atoms with E-state index in [4.69, 9.17) is 16.2 Å². The van der Waals surface area contributed by atoms with Crippen LogP contribution >= 0.6 is 11.6 Å². The number of aryl methyl sites for hydroxylation is 1. The number of benzene rings is 3. The fraction of sp³-hybridized carbons (Fsp3) is 0.233. The Bertz CT molecular complexity index is 1570. The Hall–Kier alpha value is -3.99. The number of nitrogens with one attached hydrogen (secondary N) is 1. The molecule has 5 rings (SSSR count). The molecule has 0 saturated carbocycles. The number of hydrogen-bond acceptors (Lipinski definition) is 5. The highest BCUT2D eigenvalue weighted by Crippen LogP contribution is 2.27. The Balaban J connectivity index is 0.000000328. The van der Waals surface area contributed by atoms with Crippen LogP contribution in [-0.4, -0.2) is 52.3 Å². The van der Waals surface area contributed by atoms with Gasteiger partial charge in [-0.1, -0.05) is 54.1 Å². The molecular weight excluding hydrogens is 564 g/mol. The first-order valence-corrected chi connectivity index (χ1v) is 14.8. The summed E-state index contributed by atoms with van der Waals surface area (Å²) in [5, 5.41) is 3.24. The fourth-order valence-corrected chi connectivity index (χ4v) is 5.12. The third-order valence-electron chi connectivity index (χ3n) is 6.69. The summed E-state index contributed by atoms with van der Waals surface area (Å²) in [7, 11) is -2.50. The summed E-state index contributed by atoms with van der Waals surface area (Å²) in [4.78, 5) is 30.8. The molecule has 4 aromatic rings. The van der Waals surface area contributed by atoms with E-state index in [2.05, 4.69) is 22.4 Å². The summed E-state index contributed by atoms with van der Waals surface area (Å²) < 4.78 is 30.5. The van der Waals surface area contributed by atoms with Crippen LogP contribution in [0, 0.1) is 0 Å². The van der Waals surface area contributed by atoms with E-state index >= 15 is 0 Å². The van der Waals surface area contributed by atoms with E-state index in [1.165, 1.54) is 22.7 Å². The van der Waals surface area contributed by atoms with Gasteiger partial charge in [0, 0.05) is 54.9 Å². The quantitative estimate of drug-likeness (QED) is 0.304. The van der Waals surface area contributed by atoms with Crippen LogP contribution < -0.4 is 5.32 Å². The third kappa shape index (κ3) is 8.50. The smallest absolute Gasteiger partial charge is 0.313 e. The Morgan fingerprint density at radius 2 is 1.66 bits per heavy atom. The molecule has 2 amide bonds. The first-order valence-electron chi connectivity index (χ1n) is 13.0. The van der Waals surface area contributed by atoms with Gasteiger partial charge >= 0.3 is 10.1 Å². The van der Waals surface area contributed by atoms with Gasteiger partial charge in [0.1, 0.15) is 0 Å². The molecule has 2 heterocycles. The minimum absolute atomic E-state index is 0.0220. The molecule has 9 nitrogen and oxygen atoms in total. The van der Waals surface area contributed by atoms with E-state index in [9.17, 15) is 18.0 Å². The molecule has 0 spiro atoms. The maximum atomic E-state index is 13.0. The maximum absolute atomic E-state index is 13.0. The average Bonchev–Trinajstić information content (AvgIpc) is 3.44. The highest BCUT2D eigenvalue weighted by atomic mass is 35.5. The molecule has 0 aliphatic carbocycles. The van der Waals surface area contributed by atoms with Gasteiger partial charge in [0.25, 0.3) is 11.8 Å². The van der Waals surface area contributed by atoms with Crippen molar-refractivity contribution in [2.24, 2.45) is 7.05 Å². The molecule has 0 bridgehead atoms. The SMILES string of the molecule is Cn1cnc(S(=O)(=O)O)c1.O=C(NCc1ccc(Cl)cc1)c1ccc(C(=O)N2CCCC(c3ccccc3)C2)cc1. The first kappa shape index (κ1) is 30.0. The zero-order valence-corrected chi connectivity index (χ0v) is 24.1. The van der Waals surface area contributed by atoms with Gasteiger partial charge in [-0.2, -0.15) is 8.42 Å². The van der Waals surface area contributed by atoms with Crippen LogP contribution in [0.5, 0.6) is 0 Å². The van der Waals surface area contributed by atoms with E-state index in [1.807, 2.05) is 35.2 Å². The lowest BCUT2D eigenvalue weighted by atomic mass is 9.90. The van der Waals surface area contributed by atoms with Crippen molar-refractivity contribution in [1.82, 2.24) is 19.8 Å². The van der Waals surface area contributed by atoms with Crippen molar-refractivity contribution >= 4 is 33.5 Å². The number of nitrogens with zero attached hydrogens (tertiary/aromatic N) is 3. The molecule has 0 radical (unpaired) electrons. The Morgan fingerprint density at radius 3 is 2.24 bits per heavy atom. The average molecular weight is 595 g/mol. The van der Waals surface area contributed by atoms with Gasteiger partial charge in [-0.15, -0.1) is 0 Å². The Labute approximate surface area is 244 Å². The van der Waals surface area contributed by atoms with E-state index in [0.717, 1.165) is 31.5 Å². The molecule has 41 heavy (non-hydrogen) atoms. The highest BCUT2D eigenvalue weighted by molar-refractivity contribution is 7.85. The molecule has 11 heteroatoms. The molecule has 3 aromatic carbocycles. The first-order chi connectivity index (χ1) is 19.6. The normalized spacial score (nSPS) is 15.0. The van der Waals surface area contributed by atoms with Gasteiger partial charge in [-0.05, 0) is 60.4 Å². The lowest BCUT2D eigenvalue weighted by Crippen LogP contribution is -2.39. The number of amides is 2. The lowest BCUT2D eigenvalue weighted by molar-refractivity contribution is 0.0706. The van der Waals surface area contributed by atoms with Crippen LogP contribution in [0.2, 0.25) is 5.02 Å². The van der Waals surface area contributed by atoms with Crippen molar-refractivity contribution in [3.8, 4) is 0 Å². The number of likely N-dealkylation sites (tertiary alicyclic amines) is 1. The van der Waals surface area contributed by atoms with Gasteiger partial charge in [0.05, 0.1) is 6.33 Å². The van der Waals surface area contributed by atoms with E-state index in [-0.39, 0.29) is 16.8 Å². The highest BCUT2D eigenvalue weighted by Gasteiger charge is 2.25. The molecule has 1 fully saturated rings. The summed E-state index contributed by atoms with van der Waals surface area (Å²) in [5.41, 5.74) is 3.41. The zero-order chi connectivity index (χ0) is 29.4. The van der Waals surface area contributed by atoms with Gasteiger partial charge in [0.2, 0.25) is 0 Å². The van der Waals surface area contributed by atoms with Crippen molar-refractivity contribution in [2.75, 3.05) is 13.1 Å². The second-order valence-corrected chi connectivity index (χ2v) is 11.5. The van der Waals surface area contributed by atoms with E-state index in [0.29, 0.717) is 28.6 Å². The molecule has 1 atom stereocenters. The molecule has 1 unspecified atom stereocenters. The number of hydrogen-bond donors (Lipinski definition) is 2. The summed E-state index contributed by atoms with van der Waals surface area (Å²) in [5.74, 6) is 0.224. The Kier molecular flexibility index (Phi) is 9.93. The number of imidazole rings is 1. The predicted molar refractivity (Wildman–Crippen MR) is 156 cm³/mol. The number of aromatic nitrogens is 2. The van der Waals surface area contributed by atoms with Crippen LogP contribution in [0.4, 0.5) is 0 Å². The van der Waals surface area contributed by atoms with Gasteiger partial charge in [-0.25, -0.2) is 4.98 Å². The number of carbonyl (C=O) groups excluding carboxylic acids is 2. The summed E-state index contributed by atoms with van der Waals surface area (Å²) >= 11 is 5.89. The minimum atomic E-state index is -4.11. The van der Waals surface area contributed by atoms with Crippen molar-refractivity contribution in [2.45, 2.75) is 30.3 Å². The van der Waals surface area contributed by atoms with Crippen LogP contribution in [0.15, 0.2) is 96.4 Å². The van der Waals surface area contributed by atoms with Crippen molar-refractivity contribution in [3.05, 3.63) is 119 Å². The summed E-state index contributed by atoms with van der Waals surface area (Å²) in [6.45, 7) is 1.92. The van der Waals surface area contributed by atoms with Crippen LogP contribution in [0.25, 0.3) is 0 Å². The number of halogens is 1. The predicted octanol–water partition coefficient (Wildman–Crippen LogP) is 4.96. The standard InChI is InChI=1S/C26H25ClN2O2.C4H6N2O3S/c27-24-14-8-19(9-15-24)17-28-25(30)21-10-12-22(13-11-21)26(31)29-16-4-7-23(18-29)20-5-2-1-3-6-20;1-6-2-4(5-3-6)10(7,8)9/h1-3,5-6,8-15,23H,4,7,16-18H2,(H,28,30);2-3H,1H3,(H,7,8,9). The molecule has 2 N–H and O–H groups in total. The Morgan fingerprint density at radius 1 is 1.00 bits per heavy atom. The van der Waals surface area contributed by atoms with Gasteiger partial charge < -0.3 is 14.8 Å². The zero-order valence-electron chi connectivity index (χ0n) is 22.5. The fourth-order valence-electron chi connectivity index (χ4n) is 4.51. The van der Waals surface area contributed by atoms with Gasteiger partial charge in [0.15, 0.2) is 5.03 Å². The van der Waals surface area contributed by atoms with E-state index in [1.54, 1.807) is 43.4 Å². The van der Waals surface area contributed by atoms with Crippen molar-refractivity contribution in [1.29, 1.82) is 0 Å². The monoisotopic (exact) mass is 594 g/mol. The van der Waals surface area contributed by atoms with Gasteiger partial charge in [-0.3, -0.25) is 14.1 Å². The molecule has 1 aliphatic rings. The van der Waals surface area contributed by atoms with Crippen LogP contribution in [0.1, 0.15) is 50.6 Å². The second-order valence-electron chi connectivity index (χ2n) is 9.74. The second kappa shape index (κ2) is 13.6.